The topological polar surface area (TPSA) is 39.1 Å². The number of nitrogens with one attached hydrogen (secondary N) is 1. The molecule has 3 nitrogen and oxygen atoms in total. The predicted octanol–water partition coefficient (Wildman–Crippen LogP) is 3.17. The maximum absolute atomic E-state index is 9.32. The molecule has 1 saturated carbocycles. The van der Waals surface area contributed by atoms with Gasteiger partial charge < -0.3 is 4.90 Å². The molecule has 0 radical (unpaired) electrons. The van der Waals surface area contributed by atoms with E-state index >= 15 is 0 Å². The van der Waals surface area contributed by atoms with E-state index < -0.39 is 0 Å². The van der Waals surface area contributed by atoms with Crippen molar-refractivity contribution in [1.29, 1.82) is 5.26 Å². The van der Waals surface area contributed by atoms with Crippen molar-refractivity contribution in [3.8, 4) is 6.07 Å². The van der Waals surface area contributed by atoms with Crippen LogP contribution in [0.4, 0.5) is 0 Å². The van der Waals surface area contributed by atoms with Crippen LogP contribution in [0.5, 0.6) is 0 Å². The Morgan fingerprint density at radius 1 is 1.42 bits per heavy atom. The summed E-state index contributed by atoms with van der Waals surface area (Å²) >= 11 is 0. The van der Waals surface area contributed by atoms with Crippen LogP contribution in [-0.2, 0) is 0 Å². The van der Waals surface area contributed by atoms with Crippen molar-refractivity contribution in [2.45, 2.75) is 71.4 Å². The van der Waals surface area contributed by atoms with Gasteiger partial charge in [0.05, 0.1) is 6.07 Å². The number of nitrogens with zero attached hydrogens (tertiary/aromatic N) is 2. The summed E-state index contributed by atoms with van der Waals surface area (Å²) < 4.78 is 0. The van der Waals surface area contributed by atoms with Gasteiger partial charge >= 0.3 is 0 Å². The quantitative estimate of drug-likeness (QED) is 0.659. The average molecular weight is 265 g/mol. The van der Waals surface area contributed by atoms with Crippen LogP contribution < -0.4 is 5.32 Å². The van der Waals surface area contributed by atoms with Crippen molar-refractivity contribution < 1.29 is 0 Å². The Kier molecular flexibility index (Phi) is 6.82. The second-order valence-corrected chi connectivity index (χ2v) is 6.51. The first kappa shape index (κ1) is 16.5. The first-order valence-corrected chi connectivity index (χ1v) is 7.91. The van der Waals surface area contributed by atoms with E-state index in [9.17, 15) is 5.26 Å². The van der Waals surface area contributed by atoms with Crippen LogP contribution in [0, 0.1) is 17.2 Å². The molecule has 0 amide bonds. The summed E-state index contributed by atoms with van der Waals surface area (Å²) in [6.07, 6.45) is 5.95. The van der Waals surface area contributed by atoms with E-state index in [1.54, 1.807) is 0 Å². The van der Waals surface area contributed by atoms with E-state index in [2.05, 4.69) is 37.1 Å². The standard InChI is InChI=1S/C16H31N3/c1-5-10-18-16(4,13-17)9-6-11-19(14(2)3)12-15-7-8-15/h14-15,18H,5-12H2,1-4H3. The zero-order valence-corrected chi connectivity index (χ0v) is 13.2. The summed E-state index contributed by atoms with van der Waals surface area (Å²) in [5.41, 5.74) is -0.349. The van der Waals surface area contributed by atoms with Crippen LogP contribution in [0.15, 0.2) is 0 Å². The predicted molar refractivity (Wildman–Crippen MR) is 81.0 cm³/mol. The van der Waals surface area contributed by atoms with Gasteiger partial charge in [0.25, 0.3) is 0 Å². The highest BCUT2D eigenvalue weighted by Crippen LogP contribution is 2.30. The molecule has 1 unspecified atom stereocenters. The highest BCUT2D eigenvalue weighted by molar-refractivity contribution is 5.03. The van der Waals surface area contributed by atoms with Crippen LogP contribution in [0.2, 0.25) is 0 Å². The van der Waals surface area contributed by atoms with Crippen molar-refractivity contribution >= 4 is 0 Å². The van der Waals surface area contributed by atoms with E-state index in [4.69, 9.17) is 0 Å². The van der Waals surface area contributed by atoms with Crippen molar-refractivity contribution in [3.05, 3.63) is 0 Å². The molecule has 0 bridgehead atoms. The van der Waals surface area contributed by atoms with Gasteiger partial charge in [0.1, 0.15) is 5.54 Å². The third-order valence-corrected chi connectivity index (χ3v) is 4.05. The molecule has 0 spiro atoms. The third kappa shape index (κ3) is 6.40. The van der Waals surface area contributed by atoms with Gasteiger partial charge in [-0.1, -0.05) is 6.92 Å². The summed E-state index contributed by atoms with van der Waals surface area (Å²) in [7, 11) is 0. The number of hydrogen-bond donors (Lipinski definition) is 1. The van der Waals surface area contributed by atoms with Gasteiger partial charge in [-0.3, -0.25) is 5.32 Å². The molecule has 1 aliphatic carbocycles. The monoisotopic (exact) mass is 265 g/mol. The molecule has 0 aromatic heterocycles. The molecule has 0 heterocycles. The third-order valence-electron chi connectivity index (χ3n) is 4.05. The van der Waals surface area contributed by atoms with Crippen LogP contribution >= 0.6 is 0 Å². The second kappa shape index (κ2) is 7.87. The molecule has 0 aromatic rings. The lowest BCUT2D eigenvalue weighted by Gasteiger charge is -2.29. The molecule has 1 atom stereocenters. The van der Waals surface area contributed by atoms with Gasteiger partial charge in [0.15, 0.2) is 0 Å². The van der Waals surface area contributed by atoms with E-state index in [0.29, 0.717) is 6.04 Å². The van der Waals surface area contributed by atoms with E-state index in [1.807, 2.05) is 6.92 Å². The molecule has 1 rings (SSSR count). The Morgan fingerprint density at radius 2 is 2.11 bits per heavy atom. The Morgan fingerprint density at radius 3 is 2.58 bits per heavy atom. The van der Waals surface area contributed by atoms with Crippen LogP contribution in [0.1, 0.15) is 59.8 Å². The highest BCUT2D eigenvalue weighted by atomic mass is 15.1. The molecule has 19 heavy (non-hydrogen) atoms. The Hall–Kier alpha value is -0.590. The smallest absolute Gasteiger partial charge is 0.103 e. The zero-order chi connectivity index (χ0) is 14.3. The molecule has 0 aliphatic heterocycles. The lowest BCUT2D eigenvalue weighted by molar-refractivity contribution is 0.202. The van der Waals surface area contributed by atoms with Gasteiger partial charge in [-0.05, 0) is 71.9 Å². The maximum Gasteiger partial charge on any atom is 0.103 e. The minimum absolute atomic E-state index is 0.349. The summed E-state index contributed by atoms with van der Waals surface area (Å²) in [6.45, 7) is 12.0. The Bertz CT molecular complexity index is 291. The van der Waals surface area contributed by atoms with Crippen molar-refractivity contribution in [1.82, 2.24) is 10.2 Å². The average Bonchev–Trinajstić information content (AvgIpc) is 3.19. The summed E-state index contributed by atoms with van der Waals surface area (Å²) in [5, 5.41) is 12.7. The van der Waals surface area contributed by atoms with Gasteiger partial charge in [-0.2, -0.15) is 5.26 Å². The van der Waals surface area contributed by atoms with Gasteiger partial charge in [0, 0.05) is 12.6 Å². The molecule has 1 aliphatic rings. The zero-order valence-electron chi connectivity index (χ0n) is 13.2. The number of rotatable bonds is 10. The van der Waals surface area contributed by atoms with Crippen molar-refractivity contribution in [2.75, 3.05) is 19.6 Å². The van der Waals surface area contributed by atoms with Crippen LogP contribution in [-0.4, -0.2) is 36.1 Å². The summed E-state index contributed by atoms with van der Waals surface area (Å²) in [4.78, 5) is 2.58. The van der Waals surface area contributed by atoms with Gasteiger partial charge in [-0.15, -0.1) is 0 Å². The molecule has 3 heteroatoms. The fourth-order valence-electron chi connectivity index (χ4n) is 2.41. The summed E-state index contributed by atoms with van der Waals surface area (Å²) in [6, 6.07) is 3.06. The Labute approximate surface area is 119 Å². The fourth-order valence-corrected chi connectivity index (χ4v) is 2.41. The molecule has 1 N–H and O–H groups in total. The highest BCUT2D eigenvalue weighted by Gasteiger charge is 2.26. The minimum Gasteiger partial charge on any atom is -0.301 e. The van der Waals surface area contributed by atoms with Crippen LogP contribution in [0.25, 0.3) is 0 Å². The van der Waals surface area contributed by atoms with E-state index in [1.165, 1.54) is 19.4 Å². The SMILES string of the molecule is CCCNC(C)(C#N)CCCN(CC1CC1)C(C)C. The molecular formula is C16H31N3. The molecular weight excluding hydrogens is 234 g/mol. The molecule has 110 valence electrons. The number of hydrogen-bond acceptors (Lipinski definition) is 3. The van der Waals surface area contributed by atoms with Gasteiger partial charge in [0.2, 0.25) is 0 Å². The summed E-state index contributed by atoms with van der Waals surface area (Å²) in [5.74, 6) is 0.947. The largest absolute Gasteiger partial charge is 0.301 e. The van der Waals surface area contributed by atoms with Gasteiger partial charge in [-0.25, -0.2) is 0 Å². The molecule has 0 saturated heterocycles. The Balaban J connectivity index is 2.30. The van der Waals surface area contributed by atoms with E-state index in [-0.39, 0.29) is 5.54 Å². The first-order valence-electron chi connectivity index (χ1n) is 7.91. The van der Waals surface area contributed by atoms with E-state index in [0.717, 1.165) is 38.3 Å². The maximum atomic E-state index is 9.32. The molecule has 1 fully saturated rings. The normalized spacial score (nSPS) is 18.6. The van der Waals surface area contributed by atoms with Crippen molar-refractivity contribution in [2.24, 2.45) is 5.92 Å². The lowest BCUT2D eigenvalue weighted by atomic mass is 9.97. The van der Waals surface area contributed by atoms with Crippen LogP contribution in [0.3, 0.4) is 0 Å². The lowest BCUT2D eigenvalue weighted by Crippen LogP contribution is -2.42. The second-order valence-electron chi connectivity index (χ2n) is 6.51. The minimum atomic E-state index is -0.349. The van der Waals surface area contributed by atoms with Crippen molar-refractivity contribution in [3.63, 3.8) is 0 Å². The number of nitriles is 1. The molecule has 0 aromatic carbocycles. The first-order chi connectivity index (χ1) is 9.00. The fraction of sp³-hybridized carbons (Fsp3) is 0.938.